The monoisotopic (exact) mass is 205 g/mol. The van der Waals surface area contributed by atoms with Crippen molar-refractivity contribution in [3.8, 4) is 6.07 Å². The maximum absolute atomic E-state index is 11.8. The fraction of sp³-hybridized carbons (Fsp3) is 0.667. The number of hydrogen-bond donors (Lipinski definition) is 0. The predicted molar refractivity (Wildman–Crippen MR) is 24.4 cm³/mol. The first-order chi connectivity index (χ1) is 3.81. The minimum atomic E-state index is -5.16. The lowest BCUT2D eigenvalue weighted by atomic mass is 10.4. The van der Waals surface area contributed by atoms with Gasteiger partial charge >= 0.3 is 10.8 Å². The van der Waals surface area contributed by atoms with Crippen molar-refractivity contribution < 1.29 is 17.6 Å². The number of rotatable bonds is 0. The molecule has 0 saturated carbocycles. The molecule has 0 aromatic rings. The van der Waals surface area contributed by atoms with E-state index in [1.54, 1.807) is 15.9 Å². The van der Waals surface area contributed by atoms with Gasteiger partial charge in [-0.15, -0.1) is 0 Å². The van der Waals surface area contributed by atoms with Crippen molar-refractivity contribution in [3.63, 3.8) is 0 Å². The lowest BCUT2D eigenvalue weighted by Gasteiger charge is -2.12. The third-order valence-corrected chi connectivity index (χ3v) is 1.12. The zero-order valence-corrected chi connectivity index (χ0v) is 5.42. The Labute approximate surface area is 56.4 Å². The van der Waals surface area contributed by atoms with Crippen LogP contribution in [0.5, 0.6) is 0 Å². The fourth-order valence-electron chi connectivity index (χ4n) is 0.0634. The third-order valence-electron chi connectivity index (χ3n) is 0.496. The summed E-state index contributed by atoms with van der Waals surface area (Å²) < 4.78 is 41.4. The van der Waals surface area contributed by atoms with Crippen molar-refractivity contribution in [3.05, 3.63) is 0 Å². The third kappa shape index (κ3) is 1.82. The molecule has 1 atom stereocenters. The van der Waals surface area contributed by atoms with Gasteiger partial charge in [0.1, 0.15) is 6.07 Å². The Morgan fingerprint density at radius 2 is 1.56 bits per heavy atom. The van der Waals surface area contributed by atoms with Crippen molar-refractivity contribution in [2.75, 3.05) is 0 Å². The summed E-state index contributed by atoms with van der Waals surface area (Å²) in [5.41, 5.74) is 0. The molecule has 52 valence electrons. The van der Waals surface area contributed by atoms with Crippen molar-refractivity contribution in [1.29, 1.82) is 5.26 Å². The van der Waals surface area contributed by atoms with E-state index in [0.29, 0.717) is 6.07 Å². The topological polar surface area (TPSA) is 23.8 Å². The van der Waals surface area contributed by atoms with Gasteiger partial charge < -0.3 is 0 Å². The van der Waals surface area contributed by atoms with E-state index in [2.05, 4.69) is 0 Å². The highest BCUT2D eigenvalue weighted by molar-refractivity contribution is 9.10. The van der Waals surface area contributed by atoms with Gasteiger partial charge in [0.15, 0.2) is 0 Å². The Morgan fingerprint density at radius 3 is 1.56 bits per heavy atom. The smallest absolute Gasteiger partial charge is 0.204 e. The highest BCUT2D eigenvalue weighted by atomic mass is 79.9. The van der Waals surface area contributed by atoms with Crippen molar-refractivity contribution in [1.82, 2.24) is 0 Å². The van der Waals surface area contributed by atoms with E-state index < -0.39 is 10.8 Å². The molecule has 0 rings (SSSR count). The van der Waals surface area contributed by atoms with Crippen LogP contribution in [0.4, 0.5) is 17.6 Å². The summed E-state index contributed by atoms with van der Waals surface area (Å²) in [6.45, 7) is 0. The quantitative estimate of drug-likeness (QED) is 0.439. The van der Waals surface area contributed by atoms with Crippen LogP contribution in [0, 0.1) is 11.3 Å². The van der Waals surface area contributed by atoms with Crippen molar-refractivity contribution >= 4 is 15.9 Å². The number of nitrogens with zero attached hydrogens (tertiary/aromatic N) is 1. The first-order valence-electron chi connectivity index (χ1n) is 1.67. The number of halogens is 5. The molecule has 1 nitrogen and oxygen atoms in total. The van der Waals surface area contributed by atoms with E-state index >= 15 is 0 Å². The van der Waals surface area contributed by atoms with E-state index in [4.69, 9.17) is 5.26 Å². The van der Waals surface area contributed by atoms with Crippen LogP contribution >= 0.6 is 15.9 Å². The predicted octanol–water partition coefficient (Wildman–Crippen LogP) is 2.13. The second-order valence-corrected chi connectivity index (χ2v) is 2.28. The SMILES string of the molecule is N#C[C@@](F)(Br)C(F)(F)F. The standard InChI is InChI=1S/C3BrF4N/c4-2(5,1-9)3(6,7)8/t2-/m0/s1. The molecule has 0 amide bonds. The van der Waals surface area contributed by atoms with E-state index in [0.717, 1.165) is 0 Å². The van der Waals surface area contributed by atoms with Crippen LogP contribution in [0.25, 0.3) is 0 Å². The van der Waals surface area contributed by atoms with Gasteiger partial charge in [0, 0.05) is 0 Å². The Bertz CT molecular complexity index is 143. The van der Waals surface area contributed by atoms with Crippen LogP contribution in [0.2, 0.25) is 0 Å². The molecule has 0 aliphatic rings. The molecule has 0 bridgehead atoms. The lowest BCUT2D eigenvalue weighted by Crippen LogP contribution is -2.32. The molecule has 9 heavy (non-hydrogen) atoms. The van der Waals surface area contributed by atoms with Crippen LogP contribution in [0.15, 0.2) is 0 Å². The highest BCUT2D eigenvalue weighted by Crippen LogP contribution is 2.38. The van der Waals surface area contributed by atoms with Crippen LogP contribution in [-0.2, 0) is 0 Å². The number of alkyl halides is 5. The summed E-state index contributed by atoms with van der Waals surface area (Å²) in [7, 11) is 0. The molecule has 0 saturated heterocycles. The van der Waals surface area contributed by atoms with Gasteiger partial charge in [0.25, 0.3) is 0 Å². The number of hydrogen-bond acceptors (Lipinski definition) is 1. The molecule has 0 fully saturated rings. The normalized spacial score (nSPS) is 18.2. The minimum Gasteiger partial charge on any atom is -0.204 e. The summed E-state index contributed by atoms with van der Waals surface area (Å²) in [6.07, 6.45) is -5.16. The molecule has 0 aromatic heterocycles. The van der Waals surface area contributed by atoms with Gasteiger partial charge in [-0.1, -0.05) is 0 Å². The molecule has 6 heteroatoms. The Kier molecular flexibility index (Phi) is 2.06. The van der Waals surface area contributed by atoms with Gasteiger partial charge in [-0.2, -0.15) is 18.4 Å². The highest BCUT2D eigenvalue weighted by Gasteiger charge is 2.55. The summed E-state index contributed by atoms with van der Waals surface area (Å²) in [6, 6.07) is 0.406. The summed E-state index contributed by atoms with van der Waals surface area (Å²) >= 11 is 1.55. The van der Waals surface area contributed by atoms with E-state index in [9.17, 15) is 17.6 Å². The molecule has 0 aliphatic carbocycles. The van der Waals surface area contributed by atoms with E-state index in [-0.39, 0.29) is 0 Å². The summed E-state index contributed by atoms with van der Waals surface area (Å²) in [4.78, 5) is 0. The largest absolute Gasteiger partial charge is 0.447 e. The van der Waals surface area contributed by atoms with Crippen molar-refractivity contribution in [2.24, 2.45) is 0 Å². The van der Waals surface area contributed by atoms with Gasteiger partial charge in [0.05, 0.1) is 0 Å². The van der Waals surface area contributed by atoms with Crippen molar-refractivity contribution in [2.45, 2.75) is 10.8 Å². The van der Waals surface area contributed by atoms with Crippen LogP contribution in [0.1, 0.15) is 0 Å². The summed E-state index contributed by atoms with van der Waals surface area (Å²) in [5.74, 6) is 0. The van der Waals surface area contributed by atoms with Gasteiger partial charge in [-0.05, 0) is 15.9 Å². The Balaban J connectivity index is 4.39. The Morgan fingerprint density at radius 1 is 1.22 bits per heavy atom. The second kappa shape index (κ2) is 2.14. The van der Waals surface area contributed by atoms with Gasteiger partial charge in [-0.25, -0.2) is 4.39 Å². The summed E-state index contributed by atoms with van der Waals surface area (Å²) in [5, 5.41) is 7.54. The van der Waals surface area contributed by atoms with E-state index in [1.165, 1.54) is 0 Å². The van der Waals surface area contributed by atoms with Crippen LogP contribution in [-0.4, -0.2) is 10.8 Å². The molecule has 0 N–H and O–H groups in total. The molecule has 0 spiro atoms. The van der Waals surface area contributed by atoms with Gasteiger partial charge in [0.2, 0.25) is 0 Å². The average Bonchev–Trinajstić information content (AvgIpc) is 1.64. The Hall–Kier alpha value is -0.310. The maximum atomic E-state index is 11.8. The van der Waals surface area contributed by atoms with Crippen LogP contribution < -0.4 is 0 Å². The van der Waals surface area contributed by atoms with Gasteiger partial charge in [-0.3, -0.25) is 0 Å². The first-order valence-corrected chi connectivity index (χ1v) is 2.46. The molecule has 0 heterocycles. The molecule has 0 aliphatic heterocycles. The fourth-order valence-corrected chi connectivity index (χ4v) is 0.0634. The average molecular weight is 206 g/mol. The van der Waals surface area contributed by atoms with E-state index in [1.807, 2.05) is 0 Å². The lowest BCUT2D eigenvalue weighted by molar-refractivity contribution is -0.174. The molecule has 0 aromatic carbocycles. The van der Waals surface area contributed by atoms with Crippen LogP contribution in [0.3, 0.4) is 0 Å². The molecule has 0 unspecified atom stereocenters. The first kappa shape index (κ1) is 8.69. The maximum Gasteiger partial charge on any atom is 0.447 e. The second-order valence-electron chi connectivity index (χ2n) is 1.18. The molecule has 0 radical (unpaired) electrons. The minimum absolute atomic E-state index is 0.406. The number of nitriles is 1. The zero-order chi connectivity index (χ0) is 7.71. The molecular formula is C3BrF4N. The zero-order valence-electron chi connectivity index (χ0n) is 3.84. The molecular weight excluding hydrogens is 206 g/mol.